The molecule has 1 aromatic carbocycles. The van der Waals surface area contributed by atoms with Crippen LogP contribution in [0, 0.1) is 0 Å². The first-order chi connectivity index (χ1) is 11.3. The highest BCUT2D eigenvalue weighted by molar-refractivity contribution is 5.92. The summed E-state index contributed by atoms with van der Waals surface area (Å²) < 4.78 is 5.42. The Morgan fingerprint density at radius 1 is 1.26 bits per heavy atom. The van der Waals surface area contributed by atoms with Gasteiger partial charge in [0.05, 0.1) is 0 Å². The number of H-pyrrole nitrogens is 1. The Balaban J connectivity index is 1.60. The quantitative estimate of drug-likeness (QED) is 0.803. The molecule has 4 rings (SSSR count). The van der Waals surface area contributed by atoms with Gasteiger partial charge in [0.1, 0.15) is 11.7 Å². The predicted octanol–water partition coefficient (Wildman–Crippen LogP) is 2.44. The molecule has 1 aliphatic rings. The minimum atomic E-state index is -0.184. The lowest BCUT2D eigenvalue weighted by molar-refractivity contribution is 0.0704. The summed E-state index contributed by atoms with van der Waals surface area (Å²) in [6, 6.07) is 11.1. The molecule has 0 bridgehead atoms. The van der Waals surface area contributed by atoms with Crippen LogP contribution in [-0.2, 0) is 0 Å². The van der Waals surface area contributed by atoms with Crippen LogP contribution in [0.15, 0.2) is 47.1 Å². The molecule has 0 radical (unpaired) electrons. The summed E-state index contributed by atoms with van der Waals surface area (Å²) >= 11 is 0. The van der Waals surface area contributed by atoms with Crippen molar-refractivity contribution in [2.75, 3.05) is 6.54 Å². The number of amides is 1. The summed E-state index contributed by atoms with van der Waals surface area (Å²) in [5.74, 6) is 0.931. The Morgan fingerprint density at radius 3 is 2.91 bits per heavy atom. The lowest BCUT2D eigenvalue weighted by Crippen LogP contribution is -2.31. The van der Waals surface area contributed by atoms with Crippen molar-refractivity contribution in [3.05, 3.63) is 54.2 Å². The van der Waals surface area contributed by atoms with Gasteiger partial charge in [-0.25, -0.2) is 0 Å². The molecule has 1 saturated heterocycles. The van der Waals surface area contributed by atoms with Gasteiger partial charge in [-0.05, 0) is 18.9 Å². The zero-order valence-electron chi connectivity index (χ0n) is 12.3. The number of nitrogens with zero attached hydrogens (tertiary/aromatic N) is 4. The molecule has 1 unspecified atom stereocenters. The Labute approximate surface area is 132 Å². The van der Waals surface area contributed by atoms with E-state index in [2.05, 4.69) is 20.3 Å². The van der Waals surface area contributed by atoms with E-state index < -0.39 is 0 Å². The molecule has 2 aromatic heterocycles. The molecule has 1 aliphatic heterocycles. The zero-order valence-corrected chi connectivity index (χ0v) is 12.3. The van der Waals surface area contributed by atoms with Gasteiger partial charge >= 0.3 is 0 Å². The van der Waals surface area contributed by atoms with Crippen molar-refractivity contribution in [3.8, 4) is 11.4 Å². The fourth-order valence-corrected chi connectivity index (χ4v) is 2.87. The number of nitrogens with one attached hydrogen (secondary N) is 1. The highest BCUT2D eigenvalue weighted by Gasteiger charge is 2.35. The summed E-state index contributed by atoms with van der Waals surface area (Å²) in [5.41, 5.74) is 1.37. The third-order valence-corrected chi connectivity index (χ3v) is 4.00. The molecule has 1 N–H and O–H groups in total. The van der Waals surface area contributed by atoms with Gasteiger partial charge in [-0.3, -0.25) is 9.89 Å². The summed E-state index contributed by atoms with van der Waals surface area (Å²) in [6.07, 6.45) is 3.29. The number of aromatic amines is 1. The average molecular weight is 309 g/mol. The van der Waals surface area contributed by atoms with E-state index in [9.17, 15) is 4.79 Å². The molecule has 23 heavy (non-hydrogen) atoms. The van der Waals surface area contributed by atoms with Gasteiger partial charge < -0.3 is 9.42 Å². The van der Waals surface area contributed by atoms with Gasteiger partial charge in [-0.2, -0.15) is 10.1 Å². The number of aromatic nitrogens is 4. The van der Waals surface area contributed by atoms with E-state index >= 15 is 0 Å². The lowest BCUT2D eigenvalue weighted by Gasteiger charge is -2.20. The van der Waals surface area contributed by atoms with Crippen LogP contribution in [0.2, 0.25) is 0 Å². The van der Waals surface area contributed by atoms with E-state index in [1.54, 1.807) is 17.2 Å². The van der Waals surface area contributed by atoms with Gasteiger partial charge in [0, 0.05) is 18.3 Å². The number of hydrogen-bond acceptors (Lipinski definition) is 5. The van der Waals surface area contributed by atoms with Crippen molar-refractivity contribution in [3.63, 3.8) is 0 Å². The van der Waals surface area contributed by atoms with Crippen LogP contribution >= 0.6 is 0 Å². The number of carbonyl (C=O) groups excluding carboxylic acids is 1. The number of hydrogen-bond donors (Lipinski definition) is 1. The normalized spacial score (nSPS) is 17.6. The first-order valence-corrected chi connectivity index (χ1v) is 7.52. The minimum Gasteiger partial charge on any atom is -0.337 e. The monoisotopic (exact) mass is 309 g/mol. The van der Waals surface area contributed by atoms with Gasteiger partial charge in [0.15, 0.2) is 0 Å². The smallest absolute Gasteiger partial charge is 0.272 e. The first-order valence-electron chi connectivity index (χ1n) is 7.52. The van der Waals surface area contributed by atoms with Crippen molar-refractivity contribution >= 4 is 5.91 Å². The fraction of sp³-hybridized carbons (Fsp3) is 0.250. The molecule has 7 heteroatoms. The van der Waals surface area contributed by atoms with E-state index in [0.29, 0.717) is 24.0 Å². The van der Waals surface area contributed by atoms with E-state index in [0.717, 1.165) is 18.4 Å². The fourth-order valence-electron chi connectivity index (χ4n) is 2.87. The zero-order chi connectivity index (χ0) is 15.6. The number of carbonyl (C=O) groups is 1. The SMILES string of the molecule is O=C(c1ccn[nH]1)N1CCCC1c1nc(-c2ccccc2)no1. The average Bonchev–Trinajstić information content (AvgIpc) is 3.35. The summed E-state index contributed by atoms with van der Waals surface area (Å²) in [6.45, 7) is 0.672. The lowest BCUT2D eigenvalue weighted by atomic mass is 10.2. The standard InChI is InChI=1S/C16H15N5O2/c22-16(12-8-9-17-19-12)21-10-4-7-13(21)15-18-14(20-23-15)11-5-2-1-3-6-11/h1-3,5-6,8-9,13H,4,7,10H2,(H,17,19). The summed E-state index contributed by atoms with van der Waals surface area (Å²) in [5, 5.41) is 10.6. The molecule has 7 nitrogen and oxygen atoms in total. The summed E-state index contributed by atoms with van der Waals surface area (Å²) in [7, 11) is 0. The molecule has 0 aliphatic carbocycles. The van der Waals surface area contributed by atoms with Crippen LogP contribution in [0.1, 0.15) is 35.3 Å². The van der Waals surface area contributed by atoms with Crippen LogP contribution in [0.25, 0.3) is 11.4 Å². The molecule has 0 spiro atoms. The van der Waals surface area contributed by atoms with Gasteiger partial charge in [-0.1, -0.05) is 35.5 Å². The van der Waals surface area contributed by atoms with Crippen LogP contribution in [0.5, 0.6) is 0 Å². The van der Waals surface area contributed by atoms with Crippen molar-refractivity contribution < 1.29 is 9.32 Å². The molecular formula is C16H15N5O2. The Kier molecular flexibility index (Phi) is 3.38. The first kappa shape index (κ1) is 13.7. The van der Waals surface area contributed by atoms with E-state index in [4.69, 9.17) is 4.52 Å². The second kappa shape index (κ2) is 5.68. The second-order valence-corrected chi connectivity index (χ2v) is 5.45. The third-order valence-electron chi connectivity index (χ3n) is 4.00. The highest BCUT2D eigenvalue weighted by Crippen LogP contribution is 2.32. The topological polar surface area (TPSA) is 87.9 Å². The maximum Gasteiger partial charge on any atom is 0.272 e. The predicted molar refractivity (Wildman–Crippen MR) is 81.3 cm³/mol. The molecule has 0 saturated carbocycles. The van der Waals surface area contributed by atoms with Crippen molar-refractivity contribution in [2.24, 2.45) is 0 Å². The molecule has 1 fully saturated rings. The molecule has 1 atom stereocenters. The third kappa shape index (κ3) is 2.50. The van der Waals surface area contributed by atoms with Gasteiger partial charge in [0.2, 0.25) is 11.7 Å². The van der Waals surface area contributed by atoms with E-state index in [-0.39, 0.29) is 11.9 Å². The van der Waals surface area contributed by atoms with Gasteiger partial charge in [0.25, 0.3) is 5.91 Å². The van der Waals surface area contributed by atoms with Crippen LogP contribution < -0.4 is 0 Å². The van der Waals surface area contributed by atoms with E-state index in [1.165, 1.54) is 0 Å². The number of rotatable bonds is 3. The van der Waals surface area contributed by atoms with Crippen LogP contribution in [0.3, 0.4) is 0 Å². The second-order valence-electron chi connectivity index (χ2n) is 5.45. The Hall–Kier alpha value is -2.96. The number of benzene rings is 1. The Bertz CT molecular complexity index is 797. The largest absolute Gasteiger partial charge is 0.337 e. The summed E-state index contributed by atoms with van der Waals surface area (Å²) in [4.78, 5) is 18.8. The van der Waals surface area contributed by atoms with Crippen molar-refractivity contribution in [1.82, 2.24) is 25.2 Å². The van der Waals surface area contributed by atoms with Gasteiger partial charge in [-0.15, -0.1) is 0 Å². The van der Waals surface area contributed by atoms with Crippen molar-refractivity contribution in [2.45, 2.75) is 18.9 Å². The molecule has 1 amide bonds. The molecule has 116 valence electrons. The number of likely N-dealkylation sites (tertiary alicyclic amines) is 1. The minimum absolute atomic E-state index is 0.0931. The molecular weight excluding hydrogens is 294 g/mol. The molecule has 3 aromatic rings. The van der Waals surface area contributed by atoms with Crippen LogP contribution in [0.4, 0.5) is 0 Å². The maximum absolute atomic E-state index is 12.5. The van der Waals surface area contributed by atoms with Crippen molar-refractivity contribution in [1.29, 1.82) is 0 Å². The maximum atomic E-state index is 12.5. The van der Waals surface area contributed by atoms with E-state index in [1.807, 2.05) is 30.3 Å². The highest BCUT2D eigenvalue weighted by atomic mass is 16.5. The molecule has 3 heterocycles. The van der Waals surface area contributed by atoms with Crippen LogP contribution in [-0.4, -0.2) is 37.7 Å². The Morgan fingerprint density at radius 2 is 2.13 bits per heavy atom.